The summed E-state index contributed by atoms with van der Waals surface area (Å²) in [4.78, 5) is 20.3. The monoisotopic (exact) mass is 522 g/mol. The van der Waals surface area contributed by atoms with Crippen LogP contribution in [0.5, 0.6) is 0 Å². The van der Waals surface area contributed by atoms with E-state index in [-0.39, 0.29) is 28.9 Å². The molecule has 0 radical (unpaired) electrons. The molecule has 37 heavy (non-hydrogen) atoms. The highest BCUT2D eigenvalue weighted by atomic mass is 28.4. The first kappa shape index (κ1) is 28.0. The maximum absolute atomic E-state index is 12.9. The van der Waals surface area contributed by atoms with Crippen LogP contribution >= 0.6 is 0 Å². The van der Waals surface area contributed by atoms with E-state index < -0.39 is 8.32 Å². The van der Waals surface area contributed by atoms with Crippen molar-refractivity contribution >= 4 is 14.3 Å². The Morgan fingerprint density at radius 2 is 1.89 bits per heavy atom. The van der Waals surface area contributed by atoms with Crippen LogP contribution in [0.3, 0.4) is 0 Å². The molecule has 5 nitrogen and oxygen atoms in total. The van der Waals surface area contributed by atoms with Crippen LogP contribution in [-0.4, -0.2) is 50.9 Å². The van der Waals surface area contributed by atoms with Crippen molar-refractivity contribution in [2.24, 2.45) is 11.8 Å². The topological polar surface area (TPSA) is 51.7 Å². The normalized spacial score (nSPS) is 25.3. The van der Waals surface area contributed by atoms with Gasteiger partial charge in [-0.25, -0.2) is 0 Å². The van der Waals surface area contributed by atoms with Crippen LogP contribution in [0.4, 0.5) is 0 Å². The van der Waals surface area contributed by atoms with E-state index in [0.717, 1.165) is 51.0 Å². The lowest BCUT2D eigenvalue weighted by Crippen LogP contribution is -2.45. The summed E-state index contributed by atoms with van der Waals surface area (Å²) >= 11 is 0. The molecule has 2 aliphatic rings. The number of piperidine rings is 1. The fourth-order valence-electron chi connectivity index (χ4n) is 5.96. The molecule has 0 bridgehead atoms. The van der Waals surface area contributed by atoms with Gasteiger partial charge in [-0.3, -0.25) is 9.78 Å². The number of rotatable bonds is 6. The van der Waals surface area contributed by atoms with Gasteiger partial charge in [-0.1, -0.05) is 51.1 Å². The van der Waals surface area contributed by atoms with Gasteiger partial charge in [-0.15, -0.1) is 0 Å². The van der Waals surface area contributed by atoms with Crippen molar-refractivity contribution in [3.63, 3.8) is 0 Å². The number of hydrogen-bond donors (Lipinski definition) is 0. The maximum Gasteiger partial charge on any atom is 0.310 e. The Kier molecular flexibility index (Phi) is 8.61. The third-order valence-corrected chi connectivity index (χ3v) is 13.6. The first-order valence-corrected chi connectivity index (χ1v) is 16.9. The number of esters is 1. The van der Waals surface area contributed by atoms with E-state index >= 15 is 0 Å². The molecule has 0 spiro atoms. The predicted molar refractivity (Wildman–Crippen MR) is 152 cm³/mol. The lowest BCUT2D eigenvalue weighted by molar-refractivity contribution is -0.148. The van der Waals surface area contributed by atoms with Crippen molar-refractivity contribution in [3.05, 3.63) is 65.0 Å². The smallest absolute Gasteiger partial charge is 0.310 e. The van der Waals surface area contributed by atoms with E-state index in [0.29, 0.717) is 5.92 Å². The zero-order chi connectivity index (χ0) is 26.8. The molecule has 4 atom stereocenters. The second kappa shape index (κ2) is 11.4. The molecule has 0 unspecified atom stereocenters. The van der Waals surface area contributed by atoms with Gasteiger partial charge in [0.15, 0.2) is 8.32 Å². The van der Waals surface area contributed by atoms with Gasteiger partial charge in [0.05, 0.1) is 24.8 Å². The molecule has 0 N–H and O–H groups in total. The Bertz CT molecular complexity index is 1080. The van der Waals surface area contributed by atoms with Crippen LogP contribution < -0.4 is 0 Å². The summed E-state index contributed by atoms with van der Waals surface area (Å²) in [6.07, 6.45) is 6.06. The molecule has 0 amide bonds. The minimum atomic E-state index is -1.96. The van der Waals surface area contributed by atoms with Crippen molar-refractivity contribution in [1.29, 1.82) is 0 Å². The summed E-state index contributed by atoms with van der Waals surface area (Å²) in [6.45, 7) is 16.5. The number of ether oxygens (including phenoxy) is 1. The van der Waals surface area contributed by atoms with Crippen LogP contribution in [0.15, 0.2) is 42.6 Å². The molecular weight excluding hydrogens is 476 g/mol. The van der Waals surface area contributed by atoms with Crippen molar-refractivity contribution in [2.45, 2.75) is 83.5 Å². The highest BCUT2D eigenvalue weighted by Crippen LogP contribution is 2.43. The molecular formula is C31H46N2O3Si. The Morgan fingerprint density at radius 3 is 2.59 bits per heavy atom. The minimum Gasteiger partial charge on any atom is -0.469 e. The molecule has 1 aromatic carbocycles. The number of carbonyl (C=O) groups is 1. The molecule has 1 aliphatic carbocycles. The summed E-state index contributed by atoms with van der Waals surface area (Å²) < 4.78 is 12.3. The van der Waals surface area contributed by atoms with Crippen LogP contribution in [0.2, 0.25) is 18.1 Å². The molecule has 2 aromatic rings. The van der Waals surface area contributed by atoms with Gasteiger partial charge >= 0.3 is 5.97 Å². The number of aryl methyl sites for hydroxylation is 2. The lowest BCUT2D eigenvalue weighted by atomic mass is 9.78. The van der Waals surface area contributed by atoms with Gasteiger partial charge in [-0.05, 0) is 91.9 Å². The molecule has 0 saturated carbocycles. The average Bonchev–Trinajstić information content (AvgIpc) is 3.02. The van der Waals surface area contributed by atoms with E-state index in [1.54, 1.807) is 0 Å². The summed E-state index contributed by atoms with van der Waals surface area (Å²) in [6, 6.07) is 12.8. The zero-order valence-corrected chi connectivity index (χ0v) is 24.9. The summed E-state index contributed by atoms with van der Waals surface area (Å²) in [5.41, 5.74) is 5.02. The van der Waals surface area contributed by atoms with Gasteiger partial charge in [0, 0.05) is 19.3 Å². The second-order valence-corrected chi connectivity index (χ2v) is 17.5. The number of carbonyl (C=O) groups excluding carboxylic acids is 1. The van der Waals surface area contributed by atoms with Crippen molar-refractivity contribution in [2.75, 3.05) is 26.7 Å². The maximum atomic E-state index is 12.9. The zero-order valence-electron chi connectivity index (χ0n) is 23.9. The van der Waals surface area contributed by atoms with Gasteiger partial charge < -0.3 is 14.1 Å². The largest absolute Gasteiger partial charge is 0.469 e. The fourth-order valence-corrected chi connectivity index (χ4v) is 7.23. The van der Waals surface area contributed by atoms with E-state index in [1.807, 2.05) is 6.20 Å². The Balaban J connectivity index is 1.51. The molecule has 2 heterocycles. The summed E-state index contributed by atoms with van der Waals surface area (Å²) in [5, 5.41) is 0.148. The Hall–Kier alpha value is -2.02. The van der Waals surface area contributed by atoms with Crippen molar-refractivity contribution < 1.29 is 14.0 Å². The molecule has 1 aliphatic heterocycles. The van der Waals surface area contributed by atoms with Crippen LogP contribution in [0.1, 0.15) is 74.4 Å². The van der Waals surface area contributed by atoms with Crippen molar-refractivity contribution in [1.82, 2.24) is 9.88 Å². The number of nitrogens with zero attached hydrogens (tertiary/aromatic N) is 2. The van der Waals surface area contributed by atoms with Gasteiger partial charge in [0.25, 0.3) is 0 Å². The first-order chi connectivity index (χ1) is 17.5. The number of fused-ring (bicyclic) bond motifs is 1. The Labute approximate surface area is 225 Å². The van der Waals surface area contributed by atoms with Gasteiger partial charge in [0.2, 0.25) is 0 Å². The molecule has 6 heteroatoms. The fraction of sp³-hybridized carbons (Fsp3) is 0.613. The molecule has 1 fully saturated rings. The predicted octanol–water partition coefficient (Wildman–Crippen LogP) is 6.68. The van der Waals surface area contributed by atoms with E-state index in [4.69, 9.17) is 14.1 Å². The first-order valence-electron chi connectivity index (χ1n) is 14.0. The number of likely N-dealkylation sites (tertiary alicyclic amines) is 1. The van der Waals surface area contributed by atoms with E-state index in [1.165, 1.54) is 23.8 Å². The number of benzene rings is 1. The summed E-state index contributed by atoms with van der Waals surface area (Å²) in [7, 11) is -0.440. The highest BCUT2D eigenvalue weighted by molar-refractivity contribution is 6.74. The summed E-state index contributed by atoms with van der Waals surface area (Å²) in [5.74, 6) is 0.484. The quantitative estimate of drug-likeness (QED) is 0.240. The molecule has 4 rings (SSSR count). The number of methoxy groups -OCH3 is 1. The van der Waals surface area contributed by atoms with E-state index in [2.05, 4.69) is 82.1 Å². The Morgan fingerprint density at radius 1 is 1.14 bits per heavy atom. The van der Waals surface area contributed by atoms with Crippen LogP contribution in [0.25, 0.3) is 0 Å². The number of aromatic nitrogens is 1. The molecule has 1 aromatic heterocycles. The lowest BCUT2D eigenvalue weighted by Gasteiger charge is -2.41. The standard InChI is InChI=1S/C31H46N2O3Si/c1-22-11-8-9-13-25(22)26-16-18-33(21-27(26)30(34)35-5)20-23-14-15-24-12-10-17-32-29(24)28(19-23)36-37(6,7)31(2,3)4/h8-13,17,23,26-28H,14-16,18-21H2,1-7H3/t23-,26-,27+,28+/m1/s1. The van der Waals surface area contributed by atoms with Crippen LogP contribution in [-0.2, 0) is 20.4 Å². The SMILES string of the molecule is COC(=O)[C@H]1CN(C[C@@H]2CCc3cccnc3[C@@H](O[Si](C)(C)C(C)(C)C)C2)CC[C@@H]1c1ccccc1C. The highest BCUT2D eigenvalue weighted by Gasteiger charge is 2.42. The number of pyridine rings is 1. The van der Waals surface area contributed by atoms with Gasteiger partial charge in [0.1, 0.15) is 0 Å². The van der Waals surface area contributed by atoms with Crippen molar-refractivity contribution in [3.8, 4) is 0 Å². The number of hydrogen-bond acceptors (Lipinski definition) is 5. The van der Waals surface area contributed by atoms with Gasteiger partial charge in [-0.2, -0.15) is 0 Å². The second-order valence-electron chi connectivity index (χ2n) is 12.7. The van der Waals surface area contributed by atoms with Crippen LogP contribution in [0, 0.1) is 18.8 Å². The molecule has 202 valence electrons. The third kappa shape index (κ3) is 6.35. The third-order valence-electron chi connectivity index (χ3n) is 9.15. The van der Waals surface area contributed by atoms with E-state index in [9.17, 15) is 4.79 Å². The average molecular weight is 523 g/mol. The minimum absolute atomic E-state index is 0.0329. The molecule has 1 saturated heterocycles.